The van der Waals surface area contributed by atoms with Gasteiger partial charge in [0.15, 0.2) is 12.7 Å². The normalized spacial score (nSPS) is 9.71. The van der Waals surface area contributed by atoms with E-state index in [1.165, 1.54) is 5.56 Å². The van der Waals surface area contributed by atoms with Crippen LogP contribution in [0.1, 0.15) is 5.56 Å². The molecule has 0 fully saturated rings. The molecule has 17 heavy (non-hydrogen) atoms. The second-order valence-corrected chi connectivity index (χ2v) is 4.52. The highest BCUT2D eigenvalue weighted by Gasteiger charge is 2.07. The van der Waals surface area contributed by atoms with E-state index in [9.17, 15) is 0 Å². The molecule has 1 aromatic carbocycles. The van der Waals surface area contributed by atoms with Crippen LogP contribution in [0.25, 0.3) is 0 Å². The van der Waals surface area contributed by atoms with E-state index < -0.39 is 0 Å². The molecule has 0 aliphatic rings. The van der Waals surface area contributed by atoms with Gasteiger partial charge in [-0.15, -0.1) is 0 Å². The van der Waals surface area contributed by atoms with Gasteiger partial charge >= 0.3 is 0 Å². The molecule has 0 saturated heterocycles. The zero-order chi connectivity index (χ0) is 11.4. The summed E-state index contributed by atoms with van der Waals surface area (Å²) in [6, 6.07) is 14.3. The third-order valence-electron chi connectivity index (χ3n) is 2.49. The number of pyridine rings is 1. The van der Waals surface area contributed by atoms with E-state index in [1.54, 1.807) is 0 Å². The van der Waals surface area contributed by atoms with Gasteiger partial charge in [0, 0.05) is 40.2 Å². The molecule has 2 aromatic rings. The van der Waals surface area contributed by atoms with E-state index in [4.69, 9.17) is 5.73 Å². The Labute approximate surface area is 116 Å². The van der Waals surface area contributed by atoms with Crippen LogP contribution in [0.5, 0.6) is 0 Å². The van der Waals surface area contributed by atoms with Crippen LogP contribution in [-0.4, -0.2) is 0 Å². The first-order valence-electron chi connectivity index (χ1n) is 5.24. The maximum Gasteiger partial charge on any atom is 0.249 e. The van der Waals surface area contributed by atoms with Crippen LogP contribution in [0.2, 0.25) is 0 Å². The maximum absolute atomic E-state index is 5.69. The van der Waals surface area contributed by atoms with Gasteiger partial charge in [-0.2, -0.15) is 4.57 Å². The number of halogens is 2. The molecule has 0 aliphatic carbocycles. The van der Waals surface area contributed by atoms with Gasteiger partial charge in [0.2, 0.25) is 4.60 Å². The van der Waals surface area contributed by atoms with Crippen molar-refractivity contribution in [3.8, 4) is 0 Å². The number of nitrogen functional groups attached to an aromatic ring is 1. The van der Waals surface area contributed by atoms with Gasteiger partial charge in [-0.05, 0) is 5.56 Å². The Kier molecular flexibility index (Phi) is 5.45. The minimum Gasteiger partial charge on any atom is -1.00 e. The van der Waals surface area contributed by atoms with Crippen LogP contribution in [0, 0.1) is 0 Å². The number of nitrogens with two attached hydrogens (primary N) is 1. The van der Waals surface area contributed by atoms with Gasteiger partial charge in [-0.1, -0.05) is 30.3 Å². The standard InChI is InChI=1S/C13H13BrN2.ClH/c14-13-10-12(15)7-9-16(13)8-6-11-4-2-1-3-5-11;/h1-5,7,9-10,15H,6,8H2;1H. The Morgan fingerprint density at radius 1 is 1.12 bits per heavy atom. The van der Waals surface area contributed by atoms with Crippen molar-refractivity contribution in [1.82, 2.24) is 0 Å². The minimum absolute atomic E-state index is 0. The maximum atomic E-state index is 5.69. The summed E-state index contributed by atoms with van der Waals surface area (Å²) in [6.45, 7) is 0.949. The summed E-state index contributed by atoms with van der Waals surface area (Å²) in [4.78, 5) is 0. The highest BCUT2D eigenvalue weighted by Crippen LogP contribution is 2.08. The zero-order valence-corrected chi connectivity index (χ0v) is 11.7. The summed E-state index contributed by atoms with van der Waals surface area (Å²) in [5.74, 6) is 0. The number of benzene rings is 1. The Bertz CT molecular complexity index is 474. The highest BCUT2D eigenvalue weighted by atomic mass is 79.9. The topological polar surface area (TPSA) is 29.9 Å². The molecule has 2 nitrogen and oxygen atoms in total. The third-order valence-corrected chi connectivity index (χ3v) is 3.18. The summed E-state index contributed by atoms with van der Waals surface area (Å²) >= 11 is 3.50. The van der Waals surface area contributed by atoms with Crippen molar-refractivity contribution < 1.29 is 17.0 Å². The van der Waals surface area contributed by atoms with E-state index in [0.717, 1.165) is 23.3 Å². The van der Waals surface area contributed by atoms with Crippen LogP contribution in [0.4, 0.5) is 5.69 Å². The van der Waals surface area contributed by atoms with Gasteiger partial charge in [0.1, 0.15) is 0 Å². The molecule has 1 aromatic heterocycles. The molecular weight excluding hydrogens is 300 g/mol. The summed E-state index contributed by atoms with van der Waals surface area (Å²) in [5.41, 5.74) is 7.82. The van der Waals surface area contributed by atoms with Gasteiger partial charge < -0.3 is 18.1 Å². The van der Waals surface area contributed by atoms with E-state index in [2.05, 4.69) is 44.8 Å². The Balaban J connectivity index is 0.00000144. The van der Waals surface area contributed by atoms with E-state index in [0.29, 0.717) is 0 Å². The van der Waals surface area contributed by atoms with Gasteiger partial charge in [0.25, 0.3) is 0 Å². The van der Waals surface area contributed by atoms with Crippen LogP contribution >= 0.6 is 15.9 Å². The fourth-order valence-electron chi connectivity index (χ4n) is 1.59. The molecule has 0 bridgehead atoms. The number of nitrogens with zero attached hydrogens (tertiary/aromatic N) is 1. The Morgan fingerprint density at radius 2 is 1.82 bits per heavy atom. The molecule has 0 saturated carbocycles. The molecule has 0 aliphatic heterocycles. The van der Waals surface area contributed by atoms with Crippen molar-refractivity contribution in [3.63, 3.8) is 0 Å². The predicted octanol–water partition coefficient (Wildman–Crippen LogP) is -0.435. The van der Waals surface area contributed by atoms with Crippen molar-refractivity contribution in [2.75, 3.05) is 5.73 Å². The first kappa shape index (κ1) is 14.0. The van der Waals surface area contributed by atoms with E-state index in [1.807, 2.05) is 24.4 Å². The van der Waals surface area contributed by atoms with Crippen LogP contribution < -0.4 is 22.7 Å². The lowest BCUT2D eigenvalue weighted by Gasteiger charge is -2.01. The predicted molar refractivity (Wildman–Crippen MR) is 68.9 cm³/mol. The number of hydrogen-bond acceptors (Lipinski definition) is 1. The summed E-state index contributed by atoms with van der Waals surface area (Å²) in [6.07, 6.45) is 3.02. The lowest BCUT2D eigenvalue weighted by atomic mass is 10.1. The molecule has 2 N–H and O–H groups in total. The van der Waals surface area contributed by atoms with Crippen molar-refractivity contribution in [2.24, 2.45) is 0 Å². The number of rotatable bonds is 3. The lowest BCUT2D eigenvalue weighted by molar-refractivity contribution is -0.707. The monoisotopic (exact) mass is 312 g/mol. The number of hydrogen-bond donors (Lipinski definition) is 1. The second kappa shape index (κ2) is 6.62. The Hall–Kier alpha value is -1.06. The fraction of sp³-hybridized carbons (Fsp3) is 0.154. The van der Waals surface area contributed by atoms with E-state index >= 15 is 0 Å². The smallest absolute Gasteiger partial charge is 0.249 e. The molecule has 90 valence electrons. The van der Waals surface area contributed by atoms with Gasteiger partial charge in [0.05, 0.1) is 0 Å². The quantitative estimate of drug-likeness (QED) is 0.605. The number of anilines is 1. The molecule has 0 spiro atoms. The van der Waals surface area contributed by atoms with Crippen molar-refractivity contribution in [3.05, 3.63) is 58.8 Å². The van der Waals surface area contributed by atoms with Crippen LogP contribution in [-0.2, 0) is 13.0 Å². The molecule has 4 heteroatoms. The average Bonchev–Trinajstić information content (AvgIpc) is 2.29. The largest absolute Gasteiger partial charge is 1.00 e. The summed E-state index contributed by atoms with van der Waals surface area (Å²) in [7, 11) is 0. The van der Waals surface area contributed by atoms with Gasteiger partial charge in [-0.3, -0.25) is 0 Å². The third kappa shape index (κ3) is 4.02. The fourth-order valence-corrected chi connectivity index (χ4v) is 2.15. The number of aromatic nitrogens is 1. The van der Waals surface area contributed by atoms with Crippen LogP contribution in [0.15, 0.2) is 53.3 Å². The SMILES string of the molecule is Nc1cc[n+](CCc2ccccc2)c(Br)c1.[Cl-]. The molecule has 1 heterocycles. The lowest BCUT2D eigenvalue weighted by Crippen LogP contribution is -3.00. The number of aryl methyl sites for hydroxylation is 2. The Morgan fingerprint density at radius 3 is 2.47 bits per heavy atom. The first-order chi connectivity index (χ1) is 7.75. The highest BCUT2D eigenvalue weighted by molar-refractivity contribution is 9.10. The molecule has 0 atom stereocenters. The minimum atomic E-state index is 0. The second-order valence-electron chi connectivity index (χ2n) is 3.71. The van der Waals surface area contributed by atoms with E-state index in [-0.39, 0.29) is 12.4 Å². The molecule has 0 unspecified atom stereocenters. The van der Waals surface area contributed by atoms with Crippen molar-refractivity contribution in [1.29, 1.82) is 0 Å². The molecular formula is C13H14BrClN2. The summed E-state index contributed by atoms with van der Waals surface area (Å²) < 4.78 is 3.16. The van der Waals surface area contributed by atoms with Crippen molar-refractivity contribution in [2.45, 2.75) is 13.0 Å². The van der Waals surface area contributed by atoms with Crippen molar-refractivity contribution >= 4 is 21.6 Å². The zero-order valence-electron chi connectivity index (χ0n) is 9.31. The molecule has 0 amide bonds. The average molecular weight is 314 g/mol. The summed E-state index contributed by atoms with van der Waals surface area (Å²) in [5, 5.41) is 0. The van der Waals surface area contributed by atoms with Crippen LogP contribution in [0.3, 0.4) is 0 Å². The first-order valence-corrected chi connectivity index (χ1v) is 6.03. The molecule has 2 rings (SSSR count). The molecule has 0 radical (unpaired) electrons. The van der Waals surface area contributed by atoms with Gasteiger partial charge in [-0.25, -0.2) is 0 Å².